The van der Waals surface area contributed by atoms with Crippen molar-refractivity contribution < 1.29 is 27.2 Å². The molecular formula is C9H9BF3O3-. The first-order valence-corrected chi connectivity index (χ1v) is 4.35. The Hall–Kier alpha value is -1.66. The molecule has 0 radical (unpaired) electrons. The second-order valence-corrected chi connectivity index (χ2v) is 3.03. The van der Waals surface area contributed by atoms with E-state index in [2.05, 4.69) is 0 Å². The minimum Gasteiger partial charge on any atom is -0.496 e. The summed E-state index contributed by atoms with van der Waals surface area (Å²) in [6, 6.07) is 1.57. The van der Waals surface area contributed by atoms with Crippen molar-refractivity contribution in [1.29, 1.82) is 0 Å². The summed E-state index contributed by atoms with van der Waals surface area (Å²) in [5.74, 6) is -0.299. The highest BCUT2D eigenvalue weighted by molar-refractivity contribution is 6.73. The lowest BCUT2D eigenvalue weighted by Gasteiger charge is -2.18. The van der Waals surface area contributed by atoms with Gasteiger partial charge in [0, 0.05) is 0 Å². The van der Waals surface area contributed by atoms with Crippen molar-refractivity contribution in [3.63, 3.8) is 0 Å². The Balaban J connectivity index is 3.43. The smallest absolute Gasteiger partial charge is 0.496 e. The van der Waals surface area contributed by atoms with E-state index >= 15 is 0 Å². The lowest BCUT2D eigenvalue weighted by molar-refractivity contribution is 0.111. The largest absolute Gasteiger partial charge is 0.509 e. The van der Waals surface area contributed by atoms with Crippen molar-refractivity contribution in [3.05, 3.63) is 17.7 Å². The van der Waals surface area contributed by atoms with Crippen LogP contribution in [0.3, 0.4) is 0 Å². The van der Waals surface area contributed by atoms with Crippen LogP contribution in [0, 0.1) is 0 Å². The predicted octanol–water partition coefficient (Wildman–Crippen LogP) is 1.57. The van der Waals surface area contributed by atoms with Gasteiger partial charge in [0.1, 0.15) is 11.5 Å². The van der Waals surface area contributed by atoms with Gasteiger partial charge in [0.2, 0.25) is 0 Å². The first kappa shape index (κ1) is 12.4. The molecule has 0 fully saturated rings. The number of hydrogen-bond acceptors (Lipinski definition) is 3. The number of hydrogen-bond donors (Lipinski definition) is 0. The van der Waals surface area contributed by atoms with E-state index in [4.69, 9.17) is 9.47 Å². The molecule has 0 aliphatic rings. The predicted molar refractivity (Wildman–Crippen MR) is 53.6 cm³/mol. The Labute approximate surface area is 90.2 Å². The monoisotopic (exact) mass is 233 g/mol. The van der Waals surface area contributed by atoms with Gasteiger partial charge in [0.25, 0.3) is 0 Å². The lowest BCUT2D eigenvalue weighted by Crippen LogP contribution is -2.34. The minimum absolute atomic E-state index is 0.0335. The number of carbonyl (C=O) groups is 1. The van der Waals surface area contributed by atoms with Crippen LogP contribution < -0.4 is 14.9 Å². The van der Waals surface area contributed by atoms with E-state index in [0.717, 1.165) is 12.1 Å². The Morgan fingerprint density at radius 2 is 1.56 bits per heavy atom. The van der Waals surface area contributed by atoms with Crippen molar-refractivity contribution in [2.24, 2.45) is 0 Å². The number of aldehydes is 1. The normalized spacial score (nSPS) is 11.1. The van der Waals surface area contributed by atoms with Crippen LogP contribution in [0.5, 0.6) is 11.5 Å². The van der Waals surface area contributed by atoms with Gasteiger partial charge in [-0.15, -0.1) is 5.46 Å². The van der Waals surface area contributed by atoms with Crippen molar-refractivity contribution in [1.82, 2.24) is 0 Å². The molecule has 16 heavy (non-hydrogen) atoms. The van der Waals surface area contributed by atoms with E-state index in [1.165, 1.54) is 14.2 Å². The zero-order valence-corrected chi connectivity index (χ0v) is 8.67. The first-order valence-electron chi connectivity index (χ1n) is 4.35. The number of carbonyl (C=O) groups excluding carboxylic acids is 1. The zero-order valence-electron chi connectivity index (χ0n) is 8.67. The first-order chi connectivity index (χ1) is 7.43. The van der Waals surface area contributed by atoms with Crippen molar-refractivity contribution in [2.75, 3.05) is 14.2 Å². The average molecular weight is 233 g/mol. The lowest BCUT2D eigenvalue weighted by atomic mass is 9.79. The molecule has 1 aromatic carbocycles. The van der Waals surface area contributed by atoms with Crippen LogP contribution in [-0.2, 0) is 0 Å². The molecule has 1 rings (SSSR count). The highest BCUT2D eigenvalue weighted by Gasteiger charge is 2.28. The topological polar surface area (TPSA) is 35.5 Å². The summed E-state index contributed by atoms with van der Waals surface area (Å²) in [4.78, 5) is 10.7. The molecule has 0 unspecified atom stereocenters. The van der Waals surface area contributed by atoms with Gasteiger partial charge in [-0.1, -0.05) is 0 Å². The van der Waals surface area contributed by atoms with E-state index in [1.807, 2.05) is 0 Å². The number of rotatable bonds is 4. The molecule has 7 heteroatoms. The summed E-state index contributed by atoms with van der Waals surface area (Å²) >= 11 is 0. The molecule has 0 aliphatic carbocycles. The van der Waals surface area contributed by atoms with Crippen LogP contribution in [0.15, 0.2) is 12.1 Å². The zero-order chi connectivity index (χ0) is 12.3. The van der Waals surface area contributed by atoms with E-state index in [-0.39, 0.29) is 17.1 Å². The Kier molecular flexibility index (Phi) is 3.46. The maximum atomic E-state index is 12.5. The SMILES string of the molecule is COc1cc([B-](F)(F)F)cc(OC)c1C=O. The quantitative estimate of drug-likeness (QED) is 0.584. The summed E-state index contributed by atoms with van der Waals surface area (Å²) in [7, 11) is 2.38. The third-order valence-corrected chi connectivity index (χ3v) is 2.06. The fourth-order valence-corrected chi connectivity index (χ4v) is 1.26. The molecule has 0 heterocycles. The van der Waals surface area contributed by atoms with Gasteiger partial charge in [0.05, 0.1) is 19.8 Å². The number of ether oxygens (including phenoxy) is 2. The Morgan fingerprint density at radius 1 is 1.12 bits per heavy atom. The van der Waals surface area contributed by atoms with Crippen LogP contribution in [0.25, 0.3) is 0 Å². The van der Waals surface area contributed by atoms with E-state index in [0.29, 0.717) is 6.29 Å². The van der Waals surface area contributed by atoms with Crippen LogP contribution in [0.2, 0.25) is 0 Å². The molecule has 0 atom stereocenters. The standard InChI is InChI=1S/C9H9BF3O3/c1-15-8-3-6(10(11,12)13)4-9(16-2)7(8)5-14/h3-5H,1-2H3/q-1. The average Bonchev–Trinajstić information content (AvgIpc) is 2.25. The minimum atomic E-state index is -5.15. The van der Waals surface area contributed by atoms with E-state index in [9.17, 15) is 17.7 Å². The summed E-state index contributed by atoms with van der Waals surface area (Å²) in [6.07, 6.45) is 0.394. The third kappa shape index (κ3) is 2.29. The molecular weight excluding hydrogens is 224 g/mol. The molecule has 88 valence electrons. The Morgan fingerprint density at radius 3 is 1.81 bits per heavy atom. The second-order valence-electron chi connectivity index (χ2n) is 3.03. The summed E-state index contributed by atoms with van der Waals surface area (Å²) in [6.45, 7) is -5.15. The number of benzene rings is 1. The highest BCUT2D eigenvalue weighted by Crippen LogP contribution is 2.27. The molecule has 1 aromatic rings. The molecule has 0 saturated carbocycles. The third-order valence-electron chi connectivity index (χ3n) is 2.06. The van der Waals surface area contributed by atoms with Gasteiger partial charge in [-0.25, -0.2) is 0 Å². The molecule has 0 saturated heterocycles. The molecule has 0 bridgehead atoms. The van der Waals surface area contributed by atoms with Crippen molar-refractivity contribution in [2.45, 2.75) is 0 Å². The van der Waals surface area contributed by atoms with Gasteiger partial charge in [0.15, 0.2) is 6.29 Å². The van der Waals surface area contributed by atoms with Gasteiger partial charge in [-0.2, -0.15) is 0 Å². The maximum Gasteiger partial charge on any atom is 0.509 e. The van der Waals surface area contributed by atoms with Gasteiger partial charge in [-0.05, 0) is 12.1 Å². The second kappa shape index (κ2) is 4.46. The summed E-state index contributed by atoms with van der Waals surface area (Å²) < 4.78 is 47.0. The maximum absolute atomic E-state index is 12.5. The highest BCUT2D eigenvalue weighted by atomic mass is 19.4. The van der Waals surface area contributed by atoms with E-state index < -0.39 is 12.4 Å². The molecule has 0 aromatic heterocycles. The summed E-state index contributed by atoms with van der Waals surface area (Å²) in [5, 5.41) is 0. The van der Waals surface area contributed by atoms with Gasteiger partial charge >= 0.3 is 6.98 Å². The summed E-state index contributed by atoms with van der Waals surface area (Å²) in [5.41, 5.74) is -0.895. The van der Waals surface area contributed by atoms with Gasteiger partial charge in [-0.3, -0.25) is 4.79 Å². The molecule has 0 spiro atoms. The van der Waals surface area contributed by atoms with E-state index in [1.54, 1.807) is 0 Å². The fraction of sp³-hybridized carbons (Fsp3) is 0.222. The molecule has 0 aliphatic heterocycles. The number of methoxy groups -OCH3 is 2. The van der Waals surface area contributed by atoms with Crippen molar-refractivity contribution >= 4 is 18.7 Å². The van der Waals surface area contributed by atoms with Crippen molar-refractivity contribution in [3.8, 4) is 11.5 Å². The van der Waals surface area contributed by atoms with Gasteiger partial charge < -0.3 is 22.4 Å². The van der Waals surface area contributed by atoms with Crippen LogP contribution >= 0.6 is 0 Å². The Bertz CT molecular complexity index is 378. The molecule has 0 N–H and O–H groups in total. The van der Waals surface area contributed by atoms with Crippen LogP contribution in [0.1, 0.15) is 10.4 Å². The van der Waals surface area contributed by atoms with Crippen LogP contribution in [0.4, 0.5) is 12.9 Å². The number of halogens is 3. The van der Waals surface area contributed by atoms with Crippen LogP contribution in [-0.4, -0.2) is 27.5 Å². The molecule has 3 nitrogen and oxygen atoms in total. The molecule has 0 amide bonds. The fourth-order valence-electron chi connectivity index (χ4n) is 1.26.